The van der Waals surface area contributed by atoms with Gasteiger partial charge in [0.1, 0.15) is 5.82 Å². The Balaban J connectivity index is 1.68. The normalized spacial score (nSPS) is 20.3. The summed E-state index contributed by atoms with van der Waals surface area (Å²) in [6, 6.07) is 9.84. The lowest BCUT2D eigenvalue weighted by Crippen LogP contribution is -2.45. The van der Waals surface area contributed by atoms with Crippen LogP contribution < -0.4 is 11.1 Å². The number of nitrogens with two attached hydrogens (primary N) is 1. The summed E-state index contributed by atoms with van der Waals surface area (Å²) in [5, 5.41) is 17.8. The van der Waals surface area contributed by atoms with Gasteiger partial charge in [-0.25, -0.2) is 9.78 Å². The predicted octanol–water partition coefficient (Wildman–Crippen LogP) is 4.33. The standard InChI is InChI=1S/C27H34N6O4S/c1-29-15-19(16-30-20-7-5-4-6-8-20)21-17-31-33-24(28)23(38-3)22(32-25(21)33)18-9-11-27(12-10-18,26(34)35)37-14-13-36-2/h4-8,15-18,30H,9-14,28H2,1-3H3,(H,34,35). The third-order valence-electron chi connectivity index (χ3n) is 6.85. The molecule has 202 valence electrons. The Morgan fingerprint density at radius 1 is 1.32 bits per heavy atom. The number of para-hydroxylation sites is 1. The molecule has 1 aliphatic rings. The summed E-state index contributed by atoms with van der Waals surface area (Å²) < 4.78 is 12.5. The zero-order valence-electron chi connectivity index (χ0n) is 21.9. The number of anilines is 2. The van der Waals surface area contributed by atoms with Gasteiger partial charge in [-0.1, -0.05) is 18.2 Å². The summed E-state index contributed by atoms with van der Waals surface area (Å²) >= 11 is 1.52. The second kappa shape index (κ2) is 12.4. The van der Waals surface area contributed by atoms with Crippen LogP contribution in [0.2, 0.25) is 0 Å². The molecule has 1 aliphatic carbocycles. The Morgan fingerprint density at radius 3 is 2.68 bits per heavy atom. The number of aliphatic imine (C=N–C) groups is 1. The zero-order valence-corrected chi connectivity index (χ0v) is 22.7. The summed E-state index contributed by atoms with van der Waals surface area (Å²) in [6.07, 6.45) is 9.35. The molecule has 2 heterocycles. The molecule has 0 amide bonds. The van der Waals surface area contributed by atoms with Crippen LogP contribution in [0, 0.1) is 0 Å². The highest BCUT2D eigenvalue weighted by Crippen LogP contribution is 2.43. The molecule has 2 aromatic heterocycles. The molecule has 0 saturated heterocycles. The van der Waals surface area contributed by atoms with E-state index >= 15 is 0 Å². The fourth-order valence-corrected chi connectivity index (χ4v) is 5.54. The molecule has 1 fully saturated rings. The van der Waals surface area contributed by atoms with Gasteiger partial charge < -0.3 is 25.6 Å². The van der Waals surface area contributed by atoms with E-state index in [1.807, 2.05) is 42.8 Å². The Labute approximate surface area is 226 Å². The fraction of sp³-hybridized carbons (Fsp3) is 0.407. The molecule has 0 unspecified atom stereocenters. The van der Waals surface area contributed by atoms with E-state index in [-0.39, 0.29) is 12.5 Å². The molecule has 11 heteroatoms. The van der Waals surface area contributed by atoms with Crippen molar-refractivity contribution < 1.29 is 19.4 Å². The van der Waals surface area contributed by atoms with E-state index in [0.29, 0.717) is 43.8 Å². The summed E-state index contributed by atoms with van der Waals surface area (Å²) in [5.74, 6) is -0.377. The maximum Gasteiger partial charge on any atom is 0.335 e. The number of nitrogens with one attached hydrogen (secondary N) is 1. The number of hydrogen-bond acceptors (Lipinski definition) is 9. The Hall–Kier alpha value is -3.41. The number of aliphatic carboxylic acids is 1. The van der Waals surface area contributed by atoms with Gasteiger partial charge in [-0.15, -0.1) is 11.8 Å². The van der Waals surface area contributed by atoms with Crippen LogP contribution in [0.3, 0.4) is 0 Å². The summed E-state index contributed by atoms with van der Waals surface area (Å²) in [6.45, 7) is 0.592. The number of aromatic nitrogens is 3. The zero-order chi connectivity index (χ0) is 27.1. The van der Waals surface area contributed by atoms with Crippen LogP contribution in [0.25, 0.3) is 11.2 Å². The van der Waals surface area contributed by atoms with Crippen LogP contribution in [0.1, 0.15) is 42.9 Å². The number of benzene rings is 1. The Morgan fingerprint density at radius 2 is 2.05 bits per heavy atom. The second-order valence-electron chi connectivity index (χ2n) is 9.12. The molecular formula is C27H34N6O4S. The van der Waals surface area contributed by atoms with Crippen molar-refractivity contribution in [3.8, 4) is 0 Å². The number of allylic oxidation sites excluding steroid dienone is 1. The first-order valence-corrected chi connectivity index (χ1v) is 13.7. The van der Waals surface area contributed by atoms with Crippen molar-refractivity contribution in [2.45, 2.75) is 42.1 Å². The first-order chi connectivity index (χ1) is 18.4. The molecule has 1 saturated carbocycles. The van der Waals surface area contributed by atoms with Crippen LogP contribution in [0.5, 0.6) is 0 Å². The molecule has 1 aromatic carbocycles. The summed E-state index contributed by atoms with van der Waals surface area (Å²) in [4.78, 5) is 22.3. The number of hydrogen-bond donors (Lipinski definition) is 3. The predicted molar refractivity (Wildman–Crippen MR) is 151 cm³/mol. The Bertz CT molecular complexity index is 1320. The monoisotopic (exact) mass is 538 g/mol. The maximum absolute atomic E-state index is 12.1. The quantitative estimate of drug-likeness (QED) is 0.185. The number of methoxy groups -OCH3 is 1. The highest BCUT2D eigenvalue weighted by Gasteiger charge is 2.44. The van der Waals surface area contributed by atoms with Crippen molar-refractivity contribution in [2.24, 2.45) is 4.99 Å². The van der Waals surface area contributed by atoms with Gasteiger partial charge in [0, 0.05) is 49.3 Å². The smallest absolute Gasteiger partial charge is 0.335 e. The van der Waals surface area contributed by atoms with E-state index in [1.54, 1.807) is 31.1 Å². The molecule has 0 bridgehead atoms. The van der Waals surface area contributed by atoms with Crippen molar-refractivity contribution in [3.63, 3.8) is 0 Å². The van der Waals surface area contributed by atoms with E-state index in [1.165, 1.54) is 11.8 Å². The number of carboxylic acids is 1. The number of fused-ring (bicyclic) bond motifs is 1. The second-order valence-corrected chi connectivity index (χ2v) is 9.94. The fourth-order valence-electron chi connectivity index (χ4n) is 4.82. The molecular weight excluding hydrogens is 504 g/mol. The minimum absolute atomic E-state index is 0.0423. The molecule has 0 radical (unpaired) electrons. The average molecular weight is 539 g/mol. The largest absolute Gasteiger partial charge is 0.479 e. The van der Waals surface area contributed by atoms with Crippen molar-refractivity contribution in [2.75, 3.05) is 44.7 Å². The van der Waals surface area contributed by atoms with Gasteiger partial charge in [-0.3, -0.25) is 4.99 Å². The lowest BCUT2D eigenvalue weighted by Gasteiger charge is -2.37. The van der Waals surface area contributed by atoms with Gasteiger partial charge in [0.15, 0.2) is 11.2 Å². The van der Waals surface area contributed by atoms with Crippen molar-refractivity contribution in [1.82, 2.24) is 14.6 Å². The van der Waals surface area contributed by atoms with Gasteiger partial charge in [0.25, 0.3) is 0 Å². The third-order valence-corrected chi connectivity index (χ3v) is 7.68. The highest BCUT2D eigenvalue weighted by molar-refractivity contribution is 7.98. The number of carboxylic acid groups (broad SMARTS) is 1. The number of rotatable bonds is 11. The number of ether oxygens (including phenoxy) is 2. The van der Waals surface area contributed by atoms with Crippen molar-refractivity contribution in [3.05, 3.63) is 54.0 Å². The molecule has 10 nitrogen and oxygen atoms in total. The van der Waals surface area contributed by atoms with Crippen molar-refractivity contribution in [1.29, 1.82) is 0 Å². The summed E-state index contributed by atoms with van der Waals surface area (Å²) in [5.41, 5.74) is 9.44. The third kappa shape index (κ3) is 5.69. The van der Waals surface area contributed by atoms with Gasteiger partial charge in [-0.2, -0.15) is 9.61 Å². The number of thioether (sulfide) groups is 1. The van der Waals surface area contributed by atoms with E-state index in [9.17, 15) is 9.90 Å². The van der Waals surface area contributed by atoms with E-state index in [4.69, 9.17) is 20.2 Å². The maximum atomic E-state index is 12.1. The molecule has 0 atom stereocenters. The first kappa shape index (κ1) is 27.6. The lowest BCUT2D eigenvalue weighted by atomic mass is 9.77. The van der Waals surface area contributed by atoms with Crippen LogP contribution in [-0.2, 0) is 14.3 Å². The van der Waals surface area contributed by atoms with Gasteiger partial charge >= 0.3 is 5.97 Å². The highest BCUT2D eigenvalue weighted by atomic mass is 32.2. The van der Waals surface area contributed by atoms with Crippen LogP contribution in [-0.4, -0.2) is 71.1 Å². The summed E-state index contributed by atoms with van der Waals surface area (Å²) in [7, 11) is 3.28. The molecule has 38 heavy (non-hydrogen) atoms. The van der Waals surface area contributed by atoms with E-state index in [0.717, 1.165) is 27.4 Å². The average Bonchev–Trinajstić information content (AvgIpc) is 3.36. The molecule has 0 spiro atoms. The molecule has 4 N–H and O–H groups in total. The topological polar surface area (TPSA) is 136 Å². The SMILES string of the molecule is CN=CC(=CNc1ccccc1)c1cnn2c(N)c(SC)c(C3CCC(OCCOC)(C(=O)O)CC3)nc12. The Kier molecular flexibility index (Phi) is 9.03. The minimum atomic E-state index is -1.21. The molecule has 3 aromatic rings. The van der Waals surface area contributed by atoms with Crippen molar-refractivity contribution >= 4 is 46.7 Å². The van der Waals surface area contributed by atoms with E-state index in [2.05, 4.69) is 15.4 Å². The molecule has 4 rings (SSSR count). The number of nitrogen functional groups attached to an aromatic ring is 1. The van der Waals surface area contributed by atoms with Crippen LogP contribution >= 0.6 is 11.8 Å². The van der Waals surface area contributed by atoms with Gasteiger partial charge in [-0.05, 0) is 44.1 Å². The molecule has 0 aliphatic heterocycles. The minimum Gasteiger partial charge on any atom is -0.479 e. The number of nitrogens with zero attached hydrogens (tertiary/aromatic N) is 4. The van der Waals surface area contributed by atoms with Gasteiger partial charge in [0.05, 0.1) is 30.0 Å². The number of carbonyl (C=O) groups is 1. The van der Waals surface area contributed by atoms with Crippen LogP contribution in [0.4, 0.5) is 11.5 Å². The van der Waals surface area contributed by atoms with Gasteiger partial charge in [0.2, 0.25) is 0 Å². The first-order valence-electron chi connectivity index (χ1n) is 12.5. The van der Waals surface area contributed by atoms with Crippen LogP contribution in [0.15, 0.2) is 52.6 Å². The van der Waals surface area contributed by atoms with E-state index < -0.39 is 11.6 Å². The lowest BCUT2D eigenvalue weighted by molar-refractivity contribution is -0.173.